The van der Waals surface area contributed by atoms with E-state index in [4.69, 9.17) is 9.84 Å². The zero-order valence-corrected chi connectivity index (χ0v) is 11.9. The van der Waals surface area contributed by atoms with Gasteiger partial charge in [0.05, 0.1) is 6.42 Å². The summed E-state index contributed by atoms with van der Waals surface area (Å²) in [5.74, 6) is -3.48. The molecule has 120 valence electrons. The Morgan fingerprint density at radius 1 is 1.36 bits per heavy atom. The second-order valence-electron chi connectivity index (χ2n) is 5.12. The van der Waals surface area contributed by atoms with Crippen LogP contribution in [0.3, 0.4) is 0 Å². The van der Waals surface area contributed by atoms with Gasteiger partial charge in [-0.25, -0.2) is 8.78 Å². The van der Waals surface area contributed by atoms with Gasteiger partial charge in [0, 0.05) is 25.3 Å². The molecule has 1 atom stereocenters. The number of rotatable bonds is 6. The molecule has 0 spiro atoms. The van der Waals surface area contributed by atoms with Crippen molar-refractivity contribution in [3.8, 4) is 0 Å². The number of benzene rings is 1. The van der Waals surface area contributed by atoms with E-state index in [2.05, 4.69) is 0 Å². The van der Waals surface area contributed by atoms with Crippen LogP contribution in [0.4, 0.5) is 8.78 Å². The average molecular weight is 313 g/mol. The largest absolute Gasteiger partial charge is 0.481 e. The fourth-order valence-electron chi connectivity index (χ4n) is 2.35. The lowest BCUT2D eigenvalue weighted by atomic mass is 10.1. The summed E-state index contributed by atoms with van der Waals surface area (Å²) in [4.78, 5) is 24.3. The number of carbonyl (C=O) groups is 2. The van der Waals surface area contributed by atoms with Crippen molar-refractivity contribution in [2.75, 3.05) is 13.2 Å². The lowest BCUT2D eigenvalue weighted by Crippen LogP contribution is -2.39. The van der Waals surface area contributed by atoms with Crippen LogP contribution in [0.1, 0.15) is 24.8 Å². The Morgan fingerprint density at radius 2 is 2.14 bits per heavy atom. The predicted molar refractivity (Wildman–Crippen MR) is 73.0 cm³/mol. The maximum Gasteiger partial charge on any atom is 0.305 e. The first-order chi connectivity index (χ1) is 10.5. The third-order valence-electron chi connectivity index (χ3n) is 3.51. The zero-order chi connectivity index (χ0) is 16.1. The van der Waals surface area contributed by atoms with Crippen LogP contribution in [0.5, 0.6) is 0 Å². The van der Waals surface area contributed by atoms with Crippen LogP contribution in [-0.2, 0) is 20.9 Å². The first kappa shape index (κ1) is 16.4. The van der Waals surface area contributed by atoms with Gasteiger partial charge in [0.1, 0.15) is 6.10 Å². The Labute approximate surface area is 126 Å². The van der Waals surface area contributed by atoms with Gasteiger partial charge in [-0.1, -0.05) is 12.1 Å². The highest BCUT2D eigenvalue weighted by Gasteiger charge is 2.29. The minimum atomic E-state index is -1.06. The molecular weight excluding hydrogens is 296 g/mol. The molecule has 0 saturated carbocycles. The van der Waals surface area contributed by atoms with Crippen molar-refractivity contribution < 1.29 is 28.2 Å². The van der Waals surface area contributed by atoms with E-state index in [9.17, 15) is 18.4 Å². The molecule has 1 heterocycles. The standard InChI is InChI=1S/C15H17F2NO4/c16-11-4-1-3-10(14(11)17)9-18(7-6-13(19)20)15(21)12-5-2-8-22-12/h1,3-4,12H,2,5-9H2,(H,19,20)/t12-/m1/s1. The van der Waals surface area contributed by atoms with Gasteiger partial charge in [0.15, 0.2) is 11.6 Å². The number of ether oxygens (including phenoxy) is 1. The van der Waals surface area contributed by atoms with E-state index >= 15 is 0 Å². The fourth-order valence-corrected chi connectivity index (χ4v) is 2.35. The van der Waals surface area contributed by atoms with E-state index in [0.29, 0.717) is 13.0 Å². The molecule has 1 N–H and O–H groups in total. The molecule has 22 heavy (non-hydrogen) atoms. The number of hydrogen-bond donors (Lipinski definition) is 1. The van der Waals surface area contributed by atoms with Crippen LogP contribution in [0.15, 0.2) is 18.2 Å². The van der Waals surface area contributed by atoms with Gasteiger partial charge < -0.3 is 14.7 Å². The fraction of sp³-hybridized carbons (Fsp3) is 0.467. The predicted octanol–water partition coefficient (Wildman–Crippen LogP) is 1.95. The number of aliphatic carboxylic acids is 1. The third-order valence-corrected chi connectivity index (χ3v) is 3.51. The Balaban J connectivity index is 2.14. The summed E-state index contributed by atoms with van der Waals surface area (Å²) in [7, 11) is 0. The Bertz CT molecular complexity index is 558. The third kappa shape index (κ3) is 4.00. The van der Waals surface area contributed by atoms with E-state index in [-0.39, 0.29) is 31.0 Å². The van der Waals surface area contributed by atoms with Crippen molar-refractivity contribution in [2.45, 2.75) is 31.9 Å². The van der Waals surface area contributed by atoms with E-state index in [1.807, 2.05) is 0 Å². The Morgan fingerprint density at radius 3 is 2.77 bits per heavy atom. The molecule has 0 radical (unpaired) electrons. The van der Waals surface area contributed by atoms with Gasteiger partial charge in [0.2, 0.25) is 0 Å². The van der Waals surface area contributed by atoms with Gasteiger partial charge >= 0.3 is 5.97 Å². The summed E-state index contributed by atoms with van der Waals surface area (Å²) in [6.45, 7) is 0.205. The second-order valence-corrected chi connectivity index (χ2v) is 5.12. The molecule has 1 aromatic rings. The molecule has 0 aromatic heterocycles. The number of halogens is 2. The van der Waals surface area contributed by atoms with E-state index in [0.717, 1.165) is 12.5 Å². The van der Waals surface area contributed by atoms with Gasteiger partial charge in [-0.3, -0.25) is 9.59 Å². The van der Waals surface area contributed by atoms with Crippen LogP contribution in [0.25, 0.3) is 0 Å². The quantitative estimate of drug-likeness (QED) is 0.871. The number of amides is 1. The van der Waals surface area contributed by atoms with E-state index in [1.165, 1.54) is 17.0 Å². The normalized spacial score (nSPS) is 17.5. The SMILES string of the molecule is O=C(O)CCN(Cc1cccc(F)c1F)C(=O)[C@H]1CCCO1. The van der Waals surface area contributed by atoms with Gasteiger partial charge in [-0.05, 0) is 18.9 Å². The van der Waals surface area contributed by atoms with E-state index < -0.39 is 23.7 Å². The van der Waals surface area contributed by atoms with Crippen LogP contribution in [-0.4, -0.2) is 41.1 Å². The molecule has 1 aliphatic heterocycles. The van der Waals surface area contributed by atoms with Gasteiger partial charge in [0.25, 0.3) is 5.91 Å². The molecule has 7 heteroatoms. The molecule has 1 amide bonds. The molecule has 1 aliphatic rings. The van der Waals surface area contributed by atoms with E-state index in [1.54, 1.807) is 0 Å². The molecule has 0 unspecified atom stereocenters. The molecule has 0 bridgehead atoms. The lowest BCUT2D eigenvalue weighted by Gasteiger charge is -2.25. The van der Waals surface area contributed by atoms with Crippen molar-refractivity contribution in [1.29, 1.82) is 0 Å². The van der Waals surface area contributed by atoms with Crippen molar-refractivity contribution >= 4 is 11.9 Å². The Kier molecular flexibility index (Phi) is 5.43. The summed E-state index contributed by atoms with van der Waals surface area (Å²) >= 11 is 0. The Hall–Kier alpha value is -2.02. The van der Waals surface area contributed by atoms with Crippen LogP contribution < -0.4 is 0 Å². The highest BCUT2D eigenvalue weighted by molar-refractivity contribution is 5.81. The topological polar surface area (TPSA) is 66.8 Å². The summed E-state index contributed by atoms with van der Waals surface area (Å²) in [6.07, 6.45) is 0.395. The molecule has 1 aromatic carbocycles. The molecule has 1 saturated heterocycles. The van der Waals surface area contributed by atoms with Crippen molar-refractivity contribution in [2.24, 2.45) is 0 Å². The molecule has 5 nitrogen and oxygen atoms in total. The molecular formula is C15H17F2NO4. The molecule has 1 fully saturated rings. The minimum Gasteiger partial charge on any atom is -0.481 e. The maximum absolute atomic E-state index is 13.7. The first-order valence-electron chi connectivity index (χ1n) is 7.04. The molecule has 0 aliphatic carbocycles. The summed E-state index contributed by atoms with van der Waals surface area (Å²) < 4.78 is 32.3. The highest BCUT2D eigenvalue weighted by atomic mass is 19.2. The second kappa shape index (κ2) is 7.31. The van der Waals surface area contributed by atoms with Crippen molar-refractivity contribution in [1.82, 2.24) is 4.90 Å². The summed E-state index contributed by atoms with van der Waals surface area (Å²) in [5, 5.41) is 8.77. The monoisotopic (exact) mass is 313 g/mol. The lowest BCUT2D eigenvalue weighted by molar-refractivity contribution is -0.143. The number of nitrogens with zero attached hydrogens (tertiary/aromatic N) is 1. The van der Waals surface area contributed by atoms with Crippen LogP contribution in [0.2, 0.25) is 0 Å². The smallest absolute Gasteiger partial charge is 0.305 e. The highest BCUT2D eigenvalue weighted by Crippen LogP contribution is 2.19. The van der Waals surface area contributed by atoms with Crippen molar-refractivity contribution in [3.05, 3.63) is 35.4 Å². The maximum atomic E-state index is 13.7. The van der Waals surface area contributed by atoms with Crippen LogP contribution in [0, 0.1) is 11.6 Å². The molecule has 2 rings (SSSR count). The first-order valence-corrected chi connectivity index (χ1v) is 7.04. The number of carboxylic acid groups (broad SMARTS) is 1. The van der Waals surface area contributed by atoms with Crippen LogP contribution >= 0.6 is 0 Å². The van der Waals surface area contributed by atoms with Gasteiger partial charge in [-0.2, -0.15) is 0 Å². The summed E-state index contributed by atoms with van der Waals surface area (Å²) in [5.41, 5.74) is 0.0109. The average Bonchev–Trinajstić information content (AvgIpc) is 3.01. The number of carbonyl (C=O) groups excluding carboxylic acids is 1. The zero-order valence-electron chi connectivity index (χ0n) is 11.9. The van der Waals surface area contributed by atoms with Gasteiger partial charge in [-0.15, -0.1) is 0 Å². The number of hydrogen-bond acceptors (Lipinski definition) is 3. The summed E-state index contributed by atoms with van der Waals surface area (Å²) in [6, 6.07) is 3.71. The number of carboxylic acids is 1. The minimum absolute atomic E-state index is 0.0109. The van der Waals surface area contributed by atoms with Crippen molar-refractivity contribution in [3.63, 3.8) is 0 Å².